The second kappa shape index (κ2) is 7.68. The lowest BCUT2D eigenvalue weighted by molar-refractivity contribution is -0.137. The molecule has 1 aliphatic heterocycles. The van der Waals surface area contributed by atoms with Crippen LogP contribution in [0.4, 0.5) is 0 Å². The summed E-state index contributed by atoms with van der Waals surface area (Å²) in [5.74, 6) is 1.09. The Morgan fingerprint density at radius 2 is 2.08 bits per heavy atom. The molecular formula is C19H28N2O2S. The van der Waals surface area contributed by atoms with Crippen molar-refractivity contribution >= 4 is 23.2 Å². The van der Waals surface area contributed by atoms with E-state index in [4.69, 9.17) is 0 Å². The van der Waals surface area contributed by atoms with Gasteiger partial charge in [0.1, 0.15) is 0 Å². The van der Waals surface area contributed by atoms with E-state index in [2.05, 4.69) is 30.6 Å². The summed E-state index contributed by atoms with van der Waals surface area (Å²) < 4.78 is 0. The lowest BCUT2D eigenvalue weighted by atomic mass is 9.95. The Kier molecular flexibility index (Phi) is 5.59. The first-order valence-electron chi connectivity index (χ1n) is 9.17. The third-order valence-electron chi connectivity index (χ3n) is 4.94. The van der Waals surface area contributed by atoms with E-state index in [0.29, 0.717) is 12.5 Å². The Hall–Kier alpha value is -1.36. The van der Waals surface area contributed by atoms with Crippen LogP contribution in [0.25, 0.3) is 0 Å². The van der Waals surface area contributed by atoms with Crippen molar-refractivity contribution in [3.05, 3.63) is 22.4 Å². The molecule has 132 valence electrons. The fourth-order valence-corrected chi connectivity index (χ4v) is 4.27. The Bertz CT molecular complexity index is 566. The van der Waals surface area contributed by atoms with Crippen molar-refractivity contribution in [2.45, 2.75) is 52.0 Å². The lowest BCUT2D eigenvalue weighted by Gasteiger charge is -2.33. The van der Waals surface area contributed by atoms with E-state index in [0.717, 1.165) is 38.6 Å². The number of rotatable bonds is 6. The van der Waals surface area contributed by atoms with Crippen molar-refractivity contribution in [1.29, 1.82) is 0 Å². The van der Waals surface area contributed by atoms with E-state index < -0.39 is 0 Å². The molecule has 2 heterocycles. The Balaban J connectivity index is 1.60. The Morgan fingerprint density at radius 3 is 2.71 bits per heavy atom. The molecule has 2 aliphatic rings. The van der Waals surface area contributed by atoms with Crippen molar-refractivity contribution < 1.29 is 9.59 Å². The minimum atomic E-state index is -0.0592. The van der Waals surface area contributed by atoms with Crippen LogP contribution >= 0.6 is 11.3 Å². The zero-order chi connectivity index (χ0) is 17.1. The van der Waals surface area contributed by atoms with Gasteiger partial charge in [0.15, 0.2) is 0 Å². The van der Waals surface area contributed by atoms with Crippen LogP contribution in [0.1, 0.15) is 56.9 Å². The summed E-state index contributed by atoms with van der Waals surface area (Å²) in [6.07, 6.45) is 4.83. The number of amides is 2. The topological polar surface area (TPSA) is 49.4 Å². The molecule has 2 fully saturated rings. The van der Waals surface area contributed by atoms with Crippen molar-refractivity contribution in [3.63, 3.8) is 0 Å². The smallest absolute Gasteiger partial charge is 0.225 e. The molecule has 1 aliphatic carbocycles. The van der Waals surface area contributed by atoms with Gasteiger partial charge in [0.2, 0.25) is 11.8 Å². The van der Waals surface area contributed by atoms with E-state index in [1.165, 1.54) is 4.88 Å². The van der Waals surface area contributed by atoms with Gasteiger partial charge in [0, 0.05) is 23.9 Å². The highest BCUT2D eigenvalue weighted by Gasteiger charge is 2.37. The molecule has 4 nitrogen and oxygen atoms in total. The number of nitrogens with one attached hydrogen (secondary N) is 1. The molecule has 2 atom stereocenters. The Labute approximate surface area is 148 Å². The van der Waals surface area contributed by atoms with E-state index in [1.807, 2.05) is 11.0 Å². The normalized spacial score (nSPS) is 22.5. The van der Waals surface area contributed by atoms with Crippen LogP contribution < -0.4 is 5.32 Å². The third-order valence-corrected chi connectivity index (χ3v) is 5.93. The molecule has 5 heteroatoms. The average Bonchev–Trinajstić information content (AvgIpc) is 3.27. The monoisotopic (exact) mass is 348 g/mol. The molecular weight excluding hydrogens is 320 g/mol. The fraction of sp³-hybridized carbons (Fsp3) is 0.684. The zero-order valence-electron chi connectivity index (χ0n) is 14.7. The first-order valence-corrected chi connectivity index (χ1v) is 10.0. The first-order chi connectivity index (χ1) is 11.5. The molecule has 24 heavy (non-hydrogen) atoms. The molecule has 3 rings (SSSR count). The quantitative estimate of drug-likeness (QED) is 0.854. The van der Waals surface area contributed by atoms with Crippen LogP contribution in [0.2, 0.25) is 0 Å². The van der Waals surface area contributed by atoms with E-state index in [1.54, 1.807) is 11.3 Å². The van der Waals surface area contributed by atoms with Crippen molar-refractivity contribution in [2.75, 3.05) is 13.1 Å². The highest BCUT2D eigenvalue weighted by Crippen LogP contribution is 2.33. The second-order valence-corrected chi connectivity index (χ2v) is 8.58. The van der Waals surface area contributed by atoms with Gasteiger partial charge in [-0.1, -0.05) is 19.9 Å². The number of likely N-dealkylation sites (tertiary alicyclic amines) is 1. The number of carbonyl (C=O) groups is 2. The predicted molar refractivity (Wildman–Crippen MR) is 96.7 cm³/mol. The van der Waals surface area contributed by atoms with Gasteiger partial charge >= 0.3 is 0 Å². The molecule has 1 saturated heterocycles. The summed E-state index contributed by atoms with van der Waals surface area (Å²) in [6.45, 7) is 5.78. The van der Waals surface area contributed by atoms with Crippen LogP contribution in [0, 0.1) is 17.8 Å². The predicted octanol–water partition coefficient (Wildman–Crippen LogP) is 3.60. The van der Waals surface area contributed by atoms with Gasteiger partial charge < -0.3 is 10.2 Å². The van der Waals surface area contributed by atoms with Crippen molar-refractivity contribution in [3.8, 4) is 0 Å². The van der Waals surface area contributed by atoms with Gasteiger partial charge in [0.25, 0.3) is 0 Å². The molecule has 0 spiro atoms. The summed E-state index contributed by atoms with van der Waals surface area (Å²) in [6, 6.07) is 4.23. The number of hydrogen-bond donors (Lipinski definition) is 1. The summed E-state index contributed by atoms with van der Waals surface area (Å²) in [5.41, 5.74) is 0. The standard InChI is InChI=1S/C19H28N2O2S/c1-13(2)11-16(17-6-4-10-24-17)20-18(22)15-5-3-9-21(12-15)19(23)14-7-8-14/h4,6,10,13-16H,3,5,7-9,11-12H2,1-2H3,(H,20,22)/t15-,16+/m0/s1. The molecule has 0 aromatic carbocycles. The van der Waals surface area contributed by atoms with Crippen LogP contribution in [0.5, 0.6) is 0 Å². The van der Waals surface area contributed by atoms with Gasteiger partial charge in [0.05, 0.1) is 12.0 Å². The Morgan fingerprint density at radius 1 is 1.29 bits per heavy atom. The molecule has 1 N–H and O–H groups in total. The number of nitrogens with zero attached hydrogens (tertiary/aromatic N) is 1. The minimum Gasteiger partial charge on any atom is -0.348 e. The average molecular weight is 349 g/mol. The summed E-state index contributed by atoms with van der Waals surface area (Å²) >= 11 is 1.70. The molecule has 1 aromatic rings. The number of piperidine rings is 1. The largest absolute Gasteiger partial charge is 0.348 e. The van der Waals surface area contributed by atoms with Gasteiger partial charge in [-0.2, -0.15) is 0 Å². The zero-order valence-corrected chi connectivity index (χ0v) is 15.5. The van der Waals surface area contributed by atoms with Crippen LogP contribution in [0.15, 0.2) is 17.5 Å². The highest BCUT2D eigenvalue weighted by molar-refractivity contribution is 7.10. The van der Waals surface area contributed by atoms with Gasteiger partial charge in [-0.05, 0) is 49.5 Å². The maximum absolute atomic E-state index is 12.8. The first kappa shape index (κ1) is 17.5. The molecule has 1 saturated carbocycles. The molecule has 2 amide bonds. The van der Waals surface area contributed by atoms with Crippen molar-refractivity contribution in [2.24, 2.45) is 17.8 Å². The summed E-state index contributed by atoms with van der Waals surface area (Å²) in [4.78, 5) is 28.2. The van der Waals surface area contributed by atoms with Crippen LogP contribution in [-0.4, -0.2) is 29.8 Å². The van der Waals surface area contributed by atoms with Gasteiger partial charge in [-0.25, -0.2) is 0 Å². The van der Waals surface area contributed by atoms with E-state index in [9.17, 15) is 9.59 Å². The fourth-order valence-electron chi connectivity index (χ4n) is 3.48. The SMILES string of the molecule is CC(C)C[C@@H](NC(=O)[C@H]1CCCN(C(=O)C2CC2)C1)c1cccs1. The highest BCUT2D eigenvalue weighted by atomic mass is 32.1. The molecule has 0 unspecified atom stereocenters. The lowest BCUT2D eigenvalue weighted by Crippen LogP contribution is -2.46. The van der Waals surface area contributed by atoms with Gasteiger partial charge in [-0.15, -0.1) is 11.3 Å². The van der Waals surface area contributed by atoms with E-state index in [-0.39, 0.29) is 29.7 Å². The number of hydrogen-bond acceptors (Lipinski definition) is 3. The maximum atomic E-state index is 12.8. The second-order valence-electron chi connectivity index (χ2n) is 7.60. The van der Waals surface area contributed by atoms with Crippen molar-refractivity contribution in [1.82, 2.24) is 10.2 Å². The molecule has 0 bridgehead atoms. The van der Waals surface area contributed by atoms with Crippen LogP contribution in [-0.2, 0) is 9.59 Å². The maximum Gasteiger partial charge on any atom is 0.225 e. The minimum absolute atomic E-state index is 0.0592. The number of carbonyl (C=O) groups excluding carboxylic acids is 2. The molecule has 0 radical (unpaired) electrons. The van der Waals surface area contributed by atoms with Crippen LogP contribution in [0.3, 0.4) is 0 Å². The summed E-state index contributed by atoms with van der Waals surface area (Å²) in [5, 5.41) is 5.32. The third kappa shape index (κ3) is 4.38. The summed E-state index contributed by atoms with van der Waals surface area (Å²) in [7, 11) is 0. The van der Waals surface area contributed by atoms with Gasteiger partial charge in [-0.3, -0.25) is 9.59 Å². The number of thiophene rings is 1. The molecule has 1 aromatic heterocycles. The van der Waals surface area contributed by atoms with E-state index >= 15 is 0 Å².